The standard InChI is InChI=1S/C16H20N2S/c1-12-14-8-11-19-16(14)7-10-18(12)9-6-13-4-2-3-5-15(13)17/h2-5,8,11-12H,6-7,9-10,17H2,1H3. The highest BCUT2D eigenvalue weighted by molar-refractivity contribution is 7.10. The van der Waals surface area contributed by atoms with Gasteiger partial charge >= 0.3 is 0 Å². The number of benzene rings is 1. The zero-order chi connectivity index (χ0) is 13.2. The van der Waals surface area contributed by atoms with Gasteiger partial charge in [0.05, 0.1) is 0 Å². The van der Waals surface area contributed by atoms with Crippen LogP contribution in [0.25, 0.3) is 0 Å². The quantitative estimate of drug-likeness (QED) is 0.867. The average molecular weight is 272 g/mol. The van der Waals surface area contributed by atoms with E-state index in [9.17, 15) is 0 Å². The van der Waals surface area contributed by atoms with Crippen molar-refractivity contribution in [1.29, 1.82) is 0 Å². The molecule has 100 valence electrons. The van der Waals surface area contributed by atoms with Gasteiger partial charge in [0.15, 0.2) is 0 Å². The Balaban J connectivity index is 1.67. The third kappa shape index (κ3) is 2.53. The van der Waals surface area contributed by atoms with Crippen molar-refractivity contribution in [2.45, 2.75) is 25.8 Å². The molecule has 19 heavy (non-hydrogen) atoms. The molecule has 0 saturated heterocycles. The van der Waals surface area contributed by atoms with Gasteiger partial charge in [0.25, 0.3) is 0 Å². The van der Waals surface area contributed by atoms with Crippen LogP contribution in [0.5, 0.6) is 0 Å². The van der Waals surface area contributed by atoms with E-state index in [2.05, 4.69) is 35.4 Å². The summed E-state index contributed by atoms with van der Waals surface area (Å²) in [6, 6.07) is 11.0. The fraction of sp³-hybridized carbons (Fsp3) is 0.375. The number of nitrogen functional groups attached to an aromatic ring is 1. The van der Waals surface area contributed by atoms with E-state index in [1.54, 1.807) is 4.88 Å². The molecule has 0 radical (unpaired) electrons. The fourth-order valence-corrected chi connectivity index (χ4v) is 3.86. The number of hydrogen-bond acceptors (Lipinski definition) is 3. The van der Waals surface area contributed by atoms with Gasteiger partial charge in [-0.25, -0.2) is 0 Å². The minimum Gasteiger partial charge on any atom is -0.399 e. The van der Waals surface area contributed by atoms with E-state index in [1.165, 1.54) is 24.1 Å². The highest BCUT2D eigenvalue weighted by Gasteiger charge is 2.24. The van der Waals surface area contributed by atoms with Crippen molar-refractivity contribution in [3.8, 4) is 0 Å². The summed E-state index contributed by atoms with van der Waals surface area (Å²) in [5, 5.41) is 2.22. The Morgan fingerprint density at radius 2 is 2.16 bits per heavy atom. The number of anilines is 1. The number of thiophene rings is 1. The maximum absolute atomic E-state index is 6.01. The number of fused-ring (bicyclic) bond motifs is 1. The molecule has 2 N–H and O–H groups in total. The first-order valence-corrected chi connectivity index (χ1v) is 7.77. The molecule has 0 fully saturated rings. The summed E-state index contributed by atoms with van der Waals surface area (Å²) in [6.07, 6.45) is 2.23. The first kappa shape index (κ1) is 12.7. The predicted molar refractivity (Wildman–Crippen MR) is 82.6 cm³/mol. The van der Waals surface area contributed by atoms with Crippen LogP contribution in [0.1, 0.15) is 29.0 Å². The van der Waals surface area contributed by atoms with E-state index in [1.807, 2.05) is 23.5 Å². The van der Waals surface area contributed by atoms with E-state index >= 15 is 0 Å². The van der Waals surface area contributed by atoms with E-state index in [0.717, 1.165) is 18.7 Å². The Bertz CT molecular complexity index is 561. The van der Waals surface area contributed by atoms with Crippen LogP contribution < -0.4 is 5.73 Å². The highest BCUT2D eigenvalue weighted by atomic mass is 32.1. The molecule has 3 rings (SSSR count). The van der Waals surface area contributed by atoms with Gasteiger partial charge < -0.3 is 5.73 Å². The van der Waals surface area contributed by atoms with Crippen LogP contribution in [-0.2, 0) is 12.8 Å². The van der Waals surface area contributed by atoms with Crippen LogP contribution in [-0.4, -0.2) is 18.0 Å². The summed E-state index contributed by atoms with van der Waals surface area (Å²) in [7, 11) is 0. The molecule has 1 aliphatic rings. The topological polar surface area (TPSA) is 29.3 Å². The first-order valence-electron chi connectivity index (χ1n) is 6.89. The molecule has 0 spiro atoms. The molecule has 2 aromatic rings. The van der Waals surface area contributed by atoms with Crippen LogP contribution in [0.15, 0.2) is 35.7 Å². The Morgan fingerprint density at radius 1 is 1.32 bits per heavy atom. The average Bonchev–Trinajstić information content (AvgIpc) is 2.89. The molecule has 1 aromatic carbocycles. The van der Waals surface area contributed by atoms with Gasteiger partial charge in [-0.2, -0.15) is 0 Å². The van der Waals surface area contributed by atoms with Gasteiger partial charge in [0, 0.05) is 29.7 Å². The van der Waals surface area contributed by atoms with Crippen molar-refractivity contribution < 1.29 is 0 Å². The third-order valence-corrected chi connectivity index (χ3v) is 5.12. The summed E-state index contributed by atoms with van der Waals surface area (Å²) in [5.74, 6) is 0. The lowest BCUT2D eigenvalue weighted by molar-refractivity contribution is 0.203. The van der Waals surface area contributed by atoms with Crippen molar-refractivity contribution >= 4 is 17.0 Å². The van der Waals surface area contributed by atoms with Gasteiger partial charge in [-0.1, -0.05) is 18.2 Å². The lowest BCUT2D eigenvalue weighted by Gasteiger charge is -2.33. The number of nitrogens with two attached hydrogens (primary N) is 1. The van der Waals surface area contributed by atoms with Crippen LogP contribution in [0.2, 0.25) is 0 Å². The molecule has 1 atom stereocenters. The van der Waals surface area contributed by atoms with Gasteiger partial charge in [-0.15, -0.1) is 11.3 Å². The van der Waals surface area contributed by atoms with Crippen LogP contribution >= 0.6 is 11.3 Å². The van der Waals surface area contributed by atoms with Crippen LogP contribution in [0.4, 0.5) is 5.69 Å². The minimum absolute atomic E-state index is 0.542. The monoisotopic (exact) mass is 272 g/mol. The SMILES string of the molecule is CC1c2ccsc2CCN1CCc1ccccc1N. The number of para-hydroxylation sites is 1. The van der Waals surface area contributed by atoms with Gasteiger partial charge in [0.1, 0.15) is 0 Å². The Morgan fingerprint density at radius 3 is 3.00 bits per heavy atom. The summed E-state index contributed by atoms with van der Waals surface area (Å²) < 4.78 is 0. The lowest BCUT2D eigenvalue weighted by Crippen LogP contribution is -2.34. The molecule has 1 unspecified atom stereocenters. The largest absolute Gasteiger partial charge is 0.399 e. The molecule has 0 aliphatic carbocycles. The van der Waals surface area contributed by atoms with E-state index in [0.29, 0.717) is 6.04 Å². The van der Waals surface area contributed by atoms with Gasteiger partial charge in [-0.05, 0) is 48.4 Å². The highest BCUT2D eigenvalue weighted by Crippen LogP contribution is 2.32. The molecule has 0 amide bonds. The van der Waals surface area contributed by atoms with Crippen molar-refractivity contribution in [3.05, 3.63) is 51.7 Å². The van der Waals surface area contributed by atoms with Crippen LogP contribution in [0, 0.1) is 0 Å². The molecule has 1 aromatic heterocycles. The Hall–Kier alpha value is -1.32. The zero-order valence-corrected chi connectivity index (χ0v) is 12.1. The molecular formula is C16H20N2S. The van der Waals surface area contributed by atoms with Crippen molar-refractivity contribution in [3.63, 3.8) is 0 Å². The molecule has 2 heterocycles. The molecule has 2 nitrogen and oxygen atoms in total. The second kappa shape index (κ2) is 5.35. The summed E-state index contributed by atoms with van der Waals surface area (Å²) in [5.41, 5.74) is 9.73. The summed E-state index contributed by atoms with van der Waals surface area (Å²) in [4.78, 5) is 4.14. The Labute approximate surface area is 118 Å². The molecular weight excluding hydrogens is 252 g/mol. The van der Waals surface area contributed by atoms with E-state index < -0.39 is 0 Å². The maximum Gasteiger partial charge on any atom is 0.0347 e. The smallest absolute Gasteiger partial charge is 0.0347 e. The fourth-order valence-electron chi connectivity index (χ4n) is 2.89. The predicted octanol–water partition coefficient (Wildman–Crippen LogP) is 3.49. The second-order valence-corrected chi connectivity index (χ2v) is 6.21. The van der Waals surface area contributed by atoms with Crippen LogP contribution in [0.3, 0.4) is 0 Å². The van der Waals surface area contributed by atoms with Crippen molar-refractivity contribution in [2.24, 2.45) is 0 Å². The lowest BCUT2D eigenvalue weighted by atomic mass is 10.0. The van der Waals surface area contributed by atoms with E-state index in [4.69, 9.17) is 5.73 Å². The number of nitrogens with zero attached hydrogens (tertiary/aromatic N) is 1. The van der Waals surface area contributed by atoms with Gasteiger partial charge in [-0.3, -0.25) is 4.90 Å². The maximum atomic E-state index is 6.01. The molecule has 0 saturated carbocycles. The minimum atomic E-state index is 0.542. The Kier molecular flexibility index (Phi) is 3.58. The number of hydrogen-bond donors (Lipinski definition) is 1. The summed E-state index contributed by atoms with van der Waals surface area (Å²) >= 11 is 1.90. The zero-order valence-electron chi connectivity index (χ0n) is 11.3. The normalized spacial score (nSPS) is 19.3. The number of rotatable bonds is 3. The molecule has 3 heteroatoms. The molecule has 0 bridgehead atoms. The summed E-state index contributed by atoms with van der Waals surface area (Å²) in [6.45, 7) is 4.57. The van der Waals surface area contributed by atoms with Gasteiger partial charge in [0.2, 0.25) is 0 Å². The third-order valence-electron chi connectivity index (χ3n) is 4.13. The van der Waals surface area contributed by atoms with Crippen molar-refractivity contribution in [1.82, 2.24) is 4.90 Å². The first-order chi connectivity index (χ1) is 9.25. The van der Waals surface area contributed by atoms with E-state index in [-0.39, 0.29) is 0 Å². The second-order valence-electron chi connectivity index (χ2n) is 5.21. The van der Waals surface area contributed by atoms with Crippen molar-refractivity contribution in [2.75, 3.05) is 18.8 Å². The molecule has 1 aliphatic heterocycles.